The monoisotopic (exact) mass is 395 g/mol. The molecule has 5 heterocycles. The van der Waals surface area contributed by atoms with Gasteiger partial charge in [-0.05, 0) is 31.4 Å². The zero-order chi connectivity index (χ0) is 19.3. The number of anilines is 1. The maximum atomic E-state index is 10.3. The largest absolute Gasteiger partial charge is 0.389 e. The Morgan fingerprint density at radius 2 is 2.25 bits per heavy atom. The quantitative estimate of drug-likeness (QED) is 0.552. The highest BCUT2D eigenvalue weighted by molar-refractivity contribution is 7.18. The molecule has 2 N–H and O–H groups in total. The molecule has 0 bridgehead atoms. The van der Waals surface area contributed by atoms with Crippen molar-refractivity contribution in [2.45, 2.75) is 26.0 Å². The molecular formula is C20H21N5O2S. The van der Waals surface area contributed by atoms with E-state index in [1.165, 1.54) is 0 Å². The second-order valence-electron chi connectivity index (χ2n) is 7.13. The van der Waals surface area contributed by atoms with E-state index in [0.29, 0.717) is 19.0 Å². The van der Waals surface area contributed by atoms with Crippen LogP contribution in [0.1, 0.15) is 25.5 Å². The van der Waals surface area contributed by atoms with Gasteiger partial charge in [0.15, 0.2) is 11.6 Å². The number of hydrogen-bond donors (Lipinski definition) is 2. The zero-order valence-electron chi connectivity index (χ0n) is 15.7. The molecule has 0 radical (unpaired) electrons. The lowest BCUT2D eigenvalue weighted by Crippen LogP contribution is -2.44. The number of fused-ring (bicyclic) bond motifs is 2. The third-order valence-corrected chi connectivity index (χ3v) is 6.20. The van der Waals surface area contributed by atoms with Crippen molar-refractivity contribution in [1.82, 2.24) is 19.9 Å². The molecule has 4 aromatic rings. The van der Waals surface area contributed by atoms with Crippen LogP contribution in [0.3, 0.4) is 0 Å². The van der Waals surface area contributed by atoms with Gasteiger partial charge in [-0.1, -0.05) is 0 Å². The summed E-state index contributed by atoms with van der Waals surface area (Å²) >= 11 is 1.59. The Morgan fingerprint density at radius 3 is 3.07 bits per heavy atom. The lowest BCUT2D eigenvalue weighted by Gasteiger charge is -2.34. The summed E-state index contributed by atoms with van der Waals surface area (Å²) in [5.74, 6) is 1.56. The lowest BCUT2D eigenvalue weighted by molar-refractivity contribution is 0.0987. The van der Waals surface area contributed by atoms with Crippen LogP contribution in [-0.4, -0.2) is 50.8 Å². The number of nitrogens with zero attached hydrogens (tertiary/aromatic N) is 4. The summed E-state index contributed by atoms with van der Waals surface area (Å²) < 4.78 is 6.62. The molecule has 4 aromatic heterocycles. The molecule has 1 fully saturated rings. The Kier molecular flexibility index (Phi) is 4.26. The van der Waals surface area contributed by atoms with Gasteiger partial charge in [0.05, 0.1) is 35.6 Å². The number of pyridine rings is 1. The Bertz CT molecular complexity index is 1150. The molecule has 0 amide bonds. The van der Waals surface area contributed by atoms with Crippen molar-refractivity contribution < 1.29 is 9.84 Å². The van der Waals surface area contributed by atoms with Crippen molar-refractivity contribution in [2.75, 3.05) is 24.7 Å². The maximum Gasteiger partial charge on any atom is 0.163 e. The molecule has 8 heteroatoms. The van der Waals surface area contributed by atoms with E-state index < -0.39 is 6.10 Å². The number of aliphatic hydroxyl groups is 1. The molecule has 144 valence electrons. The van der Waals surface area contributed by atoms with Gasteiger partial charge in [0, 0.05) is 35.5 Å². The van der Waals surface area contributed by atoms with Gasteiger partial charge in [0.1, 0.15) is 5.65 Å². The standard InChI is InChI=1S/C20H21N5O2S/c1-11-9-27-8-7-25(11)20-17-16(15(10-28-17)12(2)26)23-19(24-20)14-4-6-22-18-13(14)3-5-21-18/h3-6,10-12,26H,7-9H2,1-2H3,(H,21,22)/t11-,12?/m1/s1. The van der Waals surface area contributed by atoms with Crippen LogP contribution in [0.5, 0.6) is 0 Å². The van der Waals surface area contributed by atoms with Gasteiger partial charge in [0.25, 0.3) is 0 Å². The molecule has 1 saturated heterocycles. The second-order valence-corrected chi connectivity index (χ2v) is 8.01. The molecular weight excluding hydrogens is 374 g/mol. The fourth-order valence-corrected chi connectivity index (χ4v) is 4.83. The highest BCUT2D eigenvalue weighted by Crippen LogP contribution is 2.38. The smallest absolute Gasteiger partial charge is 0.163 e. The molecule has 28 heavy (non-hydrogen) atoms. The Hall–Kier alpha value is -2.55. The van der Waals surface area contributed by atoms with Gasteiger partial charge in [-0.15, -0.1) is 11.3 Å². The van der Waals surface area contributed by atoms with E-state index in [1.54, 1.807) is 24.5 Å². The van der Waals surface area contributed by atoms with Crippen LogP contribution in [0.15, 0.2) is 29.9 Å². The number of aromatic nitrogens is 4. The summed E-state index contributed by atoms with van der Waals surface area (Å²) in [5, 5.41) is 13.2. The van der Waals surface area contributed by atoms with Gasteiger partial charge >= 0.3 is 0 Å². The first kappa shape index (κ1) is 17.5. The van der Waals surface area contributed by atoms with Gasteiger partial charge in [-0.25, -0.2) is 15.0 Å². The Labute approximate surface area is 166 Å². The van der Waals surface area contributed by atoms with Crippen LogP contribution >= 0.6 is 11.3 Å². The van der Waals surface area contributed by atoms with Gasteiger partial charge in [-0.2, -0.15) is 0 Å². The summed E-state index contributed by atoms with van der Waals surface area (Å²) in [6.45, 7) is 6.05. The van der Waals surface area contributed by atoms with Crippen LogP contribution in [0.2, 0.25) is 0 Å². The van der Waals surface area contributed by atoms with E-state index in [2.05, 4.69) is 21.8 Å². The number of H-pyrrole nitrogens is 1. The molecule has 2 atom stereocenters. The Balaban J connectivity index is 1.78. The number of morpholine rings is 1. The van der Waals surface area contributed by atoms with E-state index in [0.717, 1.165) is 44.7 Å². The number of thiophene rings is 1. The minimum atomic E-state index is -0.587. The highest BCUT2D eigenvalue weighted by Gasteiger charge is 2.26. The molecule has 1 aliphatic rings. The van der Waals surface area contributed by atoms with Gasteiger partial charge in [-0.3, -0.25) is 0 Å². The third-order valence-electron chi connectivity index (χ3n) is 5.22. The summed E-state index contributed by atoms with van der Waals surface area (Å²) in [6.07, 6.45) is 3.05. The molecule has 0 aliphatic carbocycles. The predicted octanol–water partition coefficient (Wildman–Crippen LogP) is 3.51. The summed E-state index contributed by atoms with van der Waals surface area (Å²) in [5.41, 5.74) is 3.39. The van der Waals surface area contributed by atoms with Crippen molar-refractivity contribution >= 4 is 38.4 Å². The predicted molar refractivity (Wildman–Crippen MR) is 111 cm³/mol. The number of aliphatic hydroxyl groups excluding tert-OH is 1. The minimum Gasteiger partial charge on any atom is -0.389 e. The van der Waals surface area contributed by atoms with Crippen LogP contribution in [0.4, 0.5) is 5.82 Å². The SMILES string of the molecule is CC(O)c1csc2c(N3CCOC[C@H]3C)nc(-c3ccnc4[nH]ccc34)nc12. The van der Waals surface area contributed by atoms with Crippen molar-refractivity contribution in [3.63, 3.8) is 0 Å². The number of ether oxygens (including phenoxy) is 1. The average Bonchev–Trinajstić information content (AvgIpc) is 3.34. The second kappa shape index (κ2) is 6.80. The fourth-order valence-electron chi connectivity index (χ4n) is 3.73. The van der Waals surface area contributed by atoms with Crippen molar-refractivity contribution in [1.29, 1.82) is 0 Å². The van der Waals surface area contributed by atoms with E-state index >= 15 is 0 Å². The molecule has 5 rings (SSSR count). The Morgan fingerprint density at radius 1 is 1.36 bits per heavy atom. The number of nitrogens with one attached hydrogen (secondary N) is 1. The molecule has 1 aliphatic heterocycles. The third kappa shape index (κ3) is 2.76. The first-order valence-electron chi connectivity index (χ1n) is 9.37. The van der Waals surface area contributed by atoms with Crippen LogP contribution in [-0.2, 0) is 4.74 Å². The highest BCUT2D eigenvalue weighted by atomic mass is 32.1. The number of aromatic amines is 1. The minimum absolute atomic E-state index is 0.224. The first-order valence-corrected chi connectivity index (χ1v) is 10.3. The summed E-state index contributed by atoms with van der Waals surface area (Å²) in [4.78, 5) is 19.7. The van der Waals surface area contributed by atoms with Crippen LogP contribution < -0.4 is 4.90 Å². The van der Waals surface area contributed by atoms with Crippen molar-refractivity contribution in [3.8, 4) is 11.4 Å². The van der Waals surface area contributed by atoms with E-state index in [9.17, 15) is 5.11 Å². The summed E-state index contributed by atoms with van der Waals surface area (Å²) in [6, 6.07) is 4.16. The maximum absolute atomic E-state index is 10.3. The van der Waals surface area contributed by atoms with Crippen LogP contribution in [0.25, 0.3) is 32.6 Å². The molecule has 7 nitrogen and oxygen atoms in total. The molecule has 1 unspecified atom stereocenters. The van der Waals surface area contributed by atoms with Crippen LogP contribution in [0, 0.1) is 0 Å². The molecule has 0 saturated carbocycles. The van der Waals surface area contributed by atoms with E-state index in [4.69, 9.17) is 14.7 Å². The van der Waals surface area contributed by atoms with Crippen molar-refractivity contribution in [2.24, 2.45) is 0 Å². The zero-order valence-corrected chi connectivity index (χ0v) is 16.5. The molecule has 0 spiro atoms. The fraction of sp³-hybridized carbons (Fsp3) is 0.350. The number of hydrogen-bond acceptors (Lipinski definition) is 7. The van der Waals surface area contributed by atoms with Gasteiger partial charge < -0.3 is 19.7 Å². The van der Waals surface area contributed by atoms with E-state index in [-0.39, 0.29) is 6.04 Å². The first-order chi connectivity index (χ1) is 13.6. The van der Waals surface area contributed by atoms with E-state index in [1.807, 2.05) is 23.7 Å². The lowest BCUT2D eigenvalue weighted by atomic mass is 10.1. The van der Waals surface area contributed by atoms with Crippen molar-refractivity contribution in [3.05, 3.63) is 35.5 Å². The topological polar surface area (TPSA) is 87.2 Å². The average molecular weight is 395 g/mol. The van der Waals surface area contributed by atoms with Gasteiger partial charge in [0.2, 0.25) is 0 Å². The molecule has 0 aromatic carbocycles. The summed E-state index contributed by atoms with van der Waals surface area (Å²) in [7, 11) is 0. The number of rotatable bonds is 3. The normalized spacial score (nSPS) is 18.8.